The fourth-order valence-electron chi connectivity index (χ4n) is 7.94. The summed E-state index contributed by atoms with van der Waals surface area (Å²) in [7, 11) is 1.40. The summed E-state index contributed by atoms with van der Waals surface area (Å²) in [5.74, 6) is -0.148. The van der Waals surface area contributed by atoms with Crippen LogP contribution in [0.1, 0.15) is 128 Å². The van der Waals surface area contributed by atoms with Crippen LogP contribution in [0, 0.1) is 44.3 Å². The topological polar surface area (TPSA) is 96.3 Å². The quantitative estimate of drug-likeness (QED) is 0.252. The lowest BCUT2D eigenvalue weighted by atomic mass is 9.42. The van der Waals surface area contributed by atoms with Crippen molar-refractivity contribution in [3.63, 3.8) is 0 Å². The first-order valence-corrected chi connectivity index (χ1v) is 15.4. The molecule has 0 saturated heterocycles. The number of ketones is 2. The average Bonchev–Trinajstić information content (AvgIpc) is 2.86. The van der Waals surface area contributed by atoms with Gasteiger partial charge < -0.3 is 10.1 Å². The van der Waals surface area contributed by atoms with E-state index in [9.17, 15) is 19.6 Å². The van der Waals surface area contributed by atoms with Crippen LogP contribution in [0.5, 0.6) is 0 Å². The van der Waals surface area contributed by atoms with Crippen molar-refractivity contribution in [3.05, 3.63) is 23.3 Å². The Hall–Kier alpha value is -2.42. The maximum Gasteiger partial charge on any atom is 0.407 e. The molecule has 230 valence electrons. The van der Waals surface area contributed by atoms with E-state index in [1.165, 1.54) is 7.11 Å². The second-order valence-corrected chi connectivity index (χ2v) is 15.6. The average molecular weight is 569 g/mol. The number of allylic oxidation sites excluding steroid dienone is 4. The SMILES string of the molecule is CCCC(C)(C)CC[C@@](C)(CCC(C)(C)[C@]1(C)CC[C@H]2C(C)(C)C(=O)C(C#N)=C[C@]2(C)/C1=C/C(C)=O)NC(=O)OC. The molecule has 2 aliphatic rings. The van der Waals surface area contributed by atoms with Crippen molar-refractivity contribution in [1.29, 1.82) is 5.26 Å². The van der Waals surface area contributed by atoms with Crippen molar-refractivity contribution in [2.45, 2.75) is 133 Å². The zero-order valence-corrected chi connectivity index (χ0v) is 28.0. The highest BCUT2D eigenvalue weighted by molar-refractivity contribution is 6.04. The number of rotatable bonds is 11. The number of carbonyl (C=O) groups is 3. The van der Waals surface area contributed by atoms with Crippen LogP contribution in [-0.4, -0.2) is 30.3 Å². The lowest BCUT2D eigenvalue weighted by Crippen LogP contribution is -2.56. The Balaban J connectivity index is 2.53. The van der Waals surface area contributed by atoms with E-state index < -0.39 is 22.5 Å². The smallest absolute Gasteiger partial charge is 0.407 e. The minimum Gasteiger partial charge on any atom is -0.453 e. The minimum absolute atomic E-state index is 0.0128. The van der Waals surface area contributed by atoms with Crippen LogP contribution in [0.25, 0.3) is 0 Å². The second kappa shape index (κ2) is 12.1. The third-order valence-corrected chi connectivity index (χ3v) is 11.1. The van der Waals surface area contributed by atoms with Gasteiger partial charge in [0.15, 0.2) is 11.6 Å². The molecule has 6 nitrogen and oxygen atoms in total. The van der Waals surface area contributed by atoms with Gasteiger partial charge in [-0.15, -0.1) is 0 Å². The van der Waals surface area contributed by atoms with Crippen molar-refractivity contribution in [2.75, 3.05) is 7.11 Å². The molecular weight excluding hydrogens is 512 g/mol. The number of Topliss-reactive ketones (excluding diaryl/α,β-unsaturated/α-hetero) is 1. The van der Waals surface area contributed by atoms with Gasteiger partial charge in [0, 0.05) is 16.4 Å². The number of hydrogen-bond donors (Lipinski definition) is 1. The van der Waals surface area contributed by atoms with E-state index in [4.69, 9.17) is 4.74 Å². The van der Waals surface area contributed by atoms with Gasteiger partial charge in [-0.25, -0.2) is 4.79 Å². The monoisotopic (exact) mass is 568 g/mol. The molecule has 2 rings (SSSR count). The molecule has 1 saturated carbocycles. The van der Waals surface area contributed by atoms with Crippen molar-refractivity contribution in [1.82, 2.24) is 5.32 Å². The third kappa shape index (κ3) is 6.98. The molecule has 2 aliphatic carbocycles. The number of ether oxygens (including phenoxy) is 1. The van der Waals surface area contributed by atoms with Crippen molar-refractivity contribution in [2.24, 2.45) is 33.0 Å². The fourth-order valence-corrected chi connectivity index (χ4v) is 7.94. The van der Waals surface area contributed by atoms with Gasteiger partial charge in [0.05, 0.1) is 12.7 Å². The molecule has 41 heavy (non-hydrogen) atoms. The Bertz CT molecular complexity index is 1140. The lowest BCUT2D eigenvalue weighted by molar-refractivity contribution is -0.131. The van der Waals surface area contributed by atoms with Crippen molar-refractivity contribution >= 4 is 17.7 Å². The first-order chi connectivity index (χ1) is 18.6. The maximum atomic E-state index is 13.2. The Morgan fingerprint density at radius 3 is 2.17 bits per heavy atom. The molecule has 0 heterocycles. The van der Waals surface area contributed by atoms with E-state index >= 15 is 0 Å². The van der Waals surface area contributed by atoms with Gasteiger partial charge in [-0.2, -0.15) is 5.26 Å². The van der Waals surface area contributed by atoms with E-state index in [0.29, 0.717) is 0 Å². The summed E-state index contributed by atoms with van der Waals surface area (Å²) in [6.45, 7) is 23.3. The van der Waals surface area contributed by atoms with Gasteiger partial charge in [0.25, 0.3) is 0 Å². The predicted octanol–water partition coefficient (Wildman–Crippen LogP) is 8.51. The summed E-state index contributed by atoms with van der Waals surface area (Å²) in [5.41, 5.74) is -1.01. The van der Waals surface area contributed by atoms with Crippen LogP contribution < -0.4 is 5.32 Å². The molecular formula is C35H56N2O4. The van der Waals surface area contributed by atoms with E-state index in [2.05, 4.69) is 66.8 Å². The number of alkyl carbamates (subject to hydrolysis) is 1. The molecule has 1 fully saturated rings. The number of hydrogen-bond acceptors (Lipinski definition) is 5. The van der Waals surface area contributed by atoms with E-state index in [1.807, 2.05) is 19.9 Å². The number of amides is 1. The second-order valence-electron chi connectivity index (χ2n) is 15.6. The molecule has 1 amide bonds. The minimum atomic E-state index is -0.704. The van der Waals surface area contributed by atoms with Crippen LogP contribution in [0.3, 0.4) is 0 Å². The van der Waals surface area contributed by atoms with Gasteiger partial charge in [0.2, 0.25) is 0 Å². The molecule has 1 N–H and O–H groups in total. The molecule has 0 radical (unpaired) electrons. The zero-order chi connectivity index (χ0) is 31.7. The highest BCUT2D eigenvalue weighted by Gasteiger charge is 2.61. The Kier molecular flexibility index (Phi) is 10.2. The number of nitrogens with one attached hydrogen (secondary N) is 1. The van der Waals surface area contributed by atoms with Crippen LogP contribution in [0.2, 0.25) is 0 Å². The molecule has 0 aromatic rings. The maximum absolute atomic E-state index is 13.2. The van der Waals surface area contributed by atoms with E-state index in [1.54, 1.807) is 13.0 Å². The Labute approximate surface area is 249 Å². The predicted molar refractivity (Wildman–Crippen MR) is 165 cm³/mol. The summed E-state index contributed by atoms with van der Waals surface area (Å²) in [6, 6.07) is 2.16. The number of methoxy groups -OCH3 is 1. The van der Waals surface area contributed by atoms with E-state index in [0.717, 1.165) is 56.9 Å². The summed E-state index contributed by atoms with van der Waals surface area (Å²) >= 11 is 0. The number of fused-ring (bicyclic) bond motifs is 1. The standard InChI is InChI=1S/C35H56N2O4/c1-13-15-30(3,4)17-19-33(9,37-29(40)41-12)20-18-31(5,6)35(11)16-14-26-32(7,8)28(39)25(23-36)22-34(26,10)27(35)21-24(2)38/h21-22,26H,13-20H2,1-12H3,(H,37,40)/b27-21-/t26-,33-,34-,35+/m0/s1. The van der Waals surface area contributed by atoms with Crippen LogP contribution >= 0.6 is 0 Å². The Morgan fingerprint density at radius 2 is 1.66 bits per heavy atom. The highest BCUT2D eigenvalue weighted by Crippen LogP contribution is 2.67. The zero-order valence-electron chi connectivity index (χ0n) is 28.0. The summed E-state index contributed by atoms with van der Waals surface area (Å²) < 4.78 is 5.02. The van der Waals surface area contributed by atoms with Crippen LogP contribution in [0.4, 0.5) is 4.79 Å². The first-order valence-electron chi connectivity index (χ1n) is 15.4. The van der Waals surface area contributed by atoms with Gasteiger partial charge in [-0.1, -0.05) is 80.4 Å². The Morgan fingerprint density at radius 1 is 1.07 bits per heavy atom. The fraction of sp³-hybridized carbons (Fsp3) is 0.771. The summed E-state index contributed by atoms with van der Waals surface area (Å²) in [5, 5.41) is 13.1. The highest BCUT2D eigenvalue weighted by atomic mass is 16.5. The van der Waals surface area contributed by atoms with Crippen LogP contribution in [0.15, 0.2) is 23.3 Å². The first kappa shape index (κ1) is 34.8. The molecule has 6 heteroatoms. The number of carbonyl (C=O) groups excluding carboxylic acids is 3. The molecule has 4 atom stereocenters. The lowest BCUT2D eigenvalue weighted by Gasteiger charge is -2.61. The molecule has 0 unspecified atom stereocenters. The number of nitrogens with zero attached hydrogens (tertiary/aromatic N) is 1. The van der Waals surface area contributed by atoms with Gasteiger partial charge in [-0.05, 0) is 87.0 Å². The molecule has 0 aromatic carbocycles. The molecule has 0 aliphatic heterocycles. The summed E-state index contributed by atoms with van der Waals surface area (Å²) in [6.07, 6.45) is 10.5. The van der Waals surface area contributed by atoms with Gasteiger partial charge in [0.1, 0.15) is 6.07 Å². The normalized spacial score (nSPS) is 28.7. The molecule has 0 bridgehead atoms. The number of nitriles is 1. The van der Waals surface area contributed by atoms with Gasteiger partial charge in [-0.3, -0.25) is 9.59 Å². The molecule has 0 aromatic heterocycles. The van der Waals surface area contributed by atoms with Crippen LogP contribution in [-0.2, 0) is 14.3 Å². The largest absolute Gasteiger partial charge is 0.453 e. The molecule has 0 spiro atoms. The van der Waals surface area contributed by atoms with Gasteiger partial charge >= 0.3 is 6.09 Å². The van der Waals surface area contributed by atoms with Crippen molar-refractivity contribution in [3.8, 4) is 6.07 Å². The van der Waals surface area contributed by atoms with Crippen molar-refractivity contribution < 1.29 is 19.1 Å². The van der Waals surface area contributed by atoms with E-state index in [-0.39, 0.29) is 39.3 Å². The summed E-state index contributed by atoms with van der Waals surface area (Å²) in [4.78, 5) is 38.4. The third-order valence-electron chi connectivity index (χ3n) is 11.1.